The number of aryl methyl sites for hydroxylation is 2. The smallest absolute Gasteiger partial charge is 0.114 e. The van der Waals surface area contributed by atoms with Crippen LogP contribution in [-0.2, 0) is 0 Å². The van der Waals surface area contributed by atoms with Crippen molar-refractivity contribution in [2.24, 2.45) is 0 Å². The summed E-state index contributed by atoms with van der Waals surface area (Å²) in [5, 5.41) is 6.48. The molecule has 0 fully saturated rings. The number of benzene rings is 1. The lowest BCUT2D eigenvalue weighted by Crippen LogP contribution is -2.18. The predicted molar refractivity (Wildman–Crippen MR) is 68.9 cm³/mol. The molecule has 2 nitrogen and oxygen atoms in total. The van der Waals surface area contributed by atoms with E-state index in [4.69, 9.17) is 0 Å². The summed E-state index contributed by atoms with van der Waals surface area (Å²) in [5.74, 6) is 0. The van der Waals surface area contributed by atoms with Gasteiger partial charge < -0.3 is 5.32 Å². The van der Waals surface area contributed by atoms with E-state index in [9.17, 15) is 0 Å². The SMILES string of the molecule is CNC(c1nccs1)c1cc(C)ccc1C. The highest BCUT2D eigenvalue weighted by atomic mass is 32.1. The van der Waals surface area contributed by atoms with Crippen molar-refractivity contribution in [2.75, 3.05) is 7.05 Å². The normalized spacial score (nSPS) is 12.7. The van der Waals surface area contributed by atoms with E-state index in [0.717, 1.165) is 5.01 Å². The Hall–Kier alpha value is -1.19. The van der Waals surface area contributed by atoms with Crippen LogP contribution in [0.3, 0.4) is 0 Å². The monoisotopic (exact) mass is 232 g/mol. The first-order chi connectivity index (χ1) is 7.72. The Bertz CT molecular complexity index is 463. The van der Waals surface area contributed by atoms with E-state index in [2.05, 4.69) is 42.3 Å². The molecule has 2 aromatic rings. The fraction of sp³-hybridized carbons (Fsp3) is 0.308. The van der Waals surface area contributed by atoms with Crippen LogP contribution in [0.1, 0.15) is 27.7 Å². The van der Waals surface area contributed by atoms with Crippen LogP contribution in [0, 0.1) is 13.8 Å². The minimum absolute atomic E-state index is 0.208. The first-order valence-corrected chi connectivity index (χ1v) is 6.24. The van der Waals surface area contributed by atoms with E-state index >= 15 is 0 Å². The second kappa shape index (κ2) is 4.76. The van der Waals surface area contributed by atoms with Gasteiger partial charge in [-0.25, -0.2) is 4.98 Å². The molecule has 0 saturated heterocycles. The predicted octanol–water partition coefficient (Wildman–Crippen LogP) is 3.07. The standard InChI is InChI=1S/C13H16N2S/c1-9-4-5-10(2)11(8-9)12(14-3)13-15-6-7-16-13/h4-8,12,14H,1-3H3. The zero-order valence-electron chi connectivity index (χ0n) is 9.82. The molecule has 1 heterocycles. The molecule has 0 aliphatic carbocycles. The molecule has 1 aromatic heterocycles. The molecule has 2 rings (SSSR count). The summed E-state index contributed by atoms with van der Waals surface area (Å²) in [5.41, 5.74) is 3.91. The maximum atomic E-state index is 4.39. The van der Waals surface area contributed by atoms with Gasteiger partial charge in [-0.05, 0) is 32.0 Å². The average molecular weight is 232 g/mol. The Kier molecular flexibility index (Phi) is 3.36. The number of aromatic nitrogens is 1. The Labute approximate surface area is 100 Å². The highest BCUT2D eigenvalue weighted by Gasteiger charge is 2.16. The fourth-order valence-electron chi connectivity index (χ4n) is 1.86. The molecule has 0 aliphatic heterocycles. The molecule has 0 radical (unpaired) electrons. The van der Waals surface area contributed by atoms with Crippen LogP contribution in [0.15, 0.2) is 29.8 Å². The quantitative estimate of drug-likeness (QED) is 0.879. The number of thiazole rings is 1. The van der Waals surface area contributed by atoms with Crippen molar-refractivity contribution in [2.45, 2.75) is 19.9 Å². The minimum atomic E-state index is 0.208. The van der Waals surface area contributed by atoms with Crippen LogP contribution in [0.25, 0.3) is 0 Å². The Balaban J connectivity index is 2.44. The van der Waals surface area contributed by atoms with Gasteiger partial charge in [0.15, 0.2) is 0 Å². The van der Waals surface area contributed by atoms with Gasteiger partial charge >= 0.3 is 0 Å². The molecule has 1 N–H and O–H groups in total. The molecule has 3 heteroatoms. The Morgan fingerprint density at radius 1 is 1.31 bits per heavy atom. The van der Waals surface area contributed by atoms with Crippen molar-refractivity contribution < 1.29 is 0 Å². The first-order valence-electron chi connectivity index (χ1n) is 5.36. The van der Waals surface area contributed by atoms with E-state index in [0.29, 0.717) is 0 Å². The second-order valence-electron chi connectivity index (χ2n) is 3.95. The Morgan fingerprint density at radius 3 is 2.75 bits per heavy atom. The molecule has 16 heavy (non-hydrogen) atoms. The van der Waals surface area contributed by atoms with Gasteiger partial charge in [-0.3, -0.25) is 0 Å². The third-order valence-corrected chi connectivity index (χ3v) is 3.57. The van der Waals surface area contributed by atoms with Gasteiger partial charge in [0, 0.05) is 11.6 Å². The summed E-state index contributed by atoms with van der Waals surface area (Å²) < 4.78 is 0. The molecule has 1 unspecified atom stereocenters. The number of hydrogen-bond acceptors (Lipinski definition) is 3. The van der Waals surface area contributed by atoms with E-state index < -0.39 is 0 Å². The van der Waals surface area contributed by atoms with Crippen LogP contribution in [0.5, 0.6) is 0 Å². The summed E-state index contributed by atoms with van der Waals surface area (Å²) in [4.78, 5) is 4.39. The van der Waals surface area contributed by atoms with E-state index in [-0.39, 0.29) is 6.04 Å². The van der Waals surface area contributed by atoms with E-state index in [1.807, 2.05) is 18.6 Å². The fourth-order valence-corrected chi connectivity index (χ4v) is 2.62. The molecule has 0 bridgehead atoms. The summed E-state index contributed by atoms with van der Waals surface area (Å²) in [6.45, 7) is 4.27. The molecule has 0 saturated carbocycles. The molecule has 1 atom stereocenters. The van der Waals surface area contributed by atoms with Gasteiger partial charge in [-0.2, -0.15) is 0 Å². The Morgan fingerprint density at radius 2 is 2.12 bits per heavy atom. The minimum Gasteiger partial charge on any atom is -0.307 e. The topological polar surface area (TPSA) is 24.9 Å². The van der Waals surface area contributed by atoms with Gasteiger partial charge in [-0.15, -0.1) is 11.3 Å². The second-order valence-corrected chi connectivity index (χ2v) is 4.88. The van der Waals surface area contributed by atoms with Crippen molar-refractivity contribution in [1.29, 1.82) is 0 Å². The highest BCUT2D eigenvalue weighted by molar-refractivity contribution is 7.09. The van der Waals surface area contributed by atoms with Crippen LogP contribution in [-0.4, -0.2) is 12.0 Å². The molecule has 0 amide bonds. The lowest BCUT2D eigenvalue weighted by atomic mass is 9.99. The van der Waals surface area contributed by atoms with Crippen molar-refractivity contribution in [3.8, 4) is 0 Å². The molecule has 0 spiro atoms. The van der Waals surface area contributed by atoms with Crippen LogP contribution >= 0.6 is 11.3 Å². The highest BCUT2D eigenvalue weighted by Crippen LogP contribution is 2.26. The van der Waals surface area contributed by atoms with Crippen LogP contribution < -0.4 is 5.32 Å². The van der Waals surface area contributed by atoms with Crippen LogP contribution in [0.2, 0.25) is 0 Å². The maximum Gasteiger partial charge on any atom is 0.114 e. The van der Waals surface area contributed by atoms with Crippen molar-refractivity contribution in [3.05, 3.63) is 51.5 Å². The molecule has 0 aliphatic rings. The van der Waals surface area contributed by atoms with E-state index in [1.165, 1.54) is 16.7 Å². The number of hydrogen-bond donors (Lipinski definition) is 1. The zero-order chi connectivity index (χ0) is 11.5. The van der Waals surface area contributed by atoms with Crippen molar-refractivity contribution in [1.82, 2.24) is 10.3 Å². The maximum absolute atomic E-state index is 4.39. The van der Waals surface area contributed by atoms with Gasteiger partial charge in [-0.1, -0.05) is 23.8 Å². The molecular weight excluding hydrogens is 216 g/mol. The number of nitrogens with one attached hydrogen (secondary N) is 1. The number of nitrogens with zero attached hydrogens (tertiary/aromatic N) is 1. The summed E-state index contributed by atoms with van der Waals surface area (Å²) in [6, 6.07) is 6.76. The zero-order valence-corrected chi connectivity index (χ0v) is 10.6. The largest absolute Gasteiger partial charge is 0.307 e. The first kappa shape index (κ1) is 11.3. The lowest BCUT2D eigenvalue weighted by molar-refractivity contribution is 0.682. The third-order valence-electron chi connectivity index (χ3n) is 2.73. The summed E-state index contributed by atoms with van der Waals surface area (Å²) in [6.07, 6.45) is 1.86. The van der Waals surface area contributed by atoms with Gasteiger partial charge in [0.1, 0.15) is 5.01 Å². The van der Waals surface area contributed by atoms with E-state index in [1.54, 1.807) is 11.3 Å². The van der Waals surface area contributed by atoms with Crippen molar-refractivity contribution in [3.63, 3.8) is 0 Å². The van der Waals surface area contributed by atoms with Crippen molar-refractivity contribution >= 4 is 11.3 Å². The van der Waals surface area contributed by atoms with Gasteiger partial charge in [0.05, 0.1) is 6.04 Å². The summed E-state index contributed by atoms with van der Waals surface area (Å²) in [7, 11) is 1.98. The molecule has 84 valence electrons. The average Bonchev–Trinajstić information content (AvgIpc) is 2.78. The third kappa shape index (κ3) is 2.15. The lowest BCUT2D eigenvalue weighted by Gasteiger charge is -2.17. The molecular formula is C13H16N2S. The van der Waals surface area contributed by atoms with Crippen LogP contribution in [0.4, 0.5) is 0 Å². The number of rotatable bonds is 3. The van der Waals surface area contributed by atoms with Gasteiger partial charge in [0.2, 0.25) is 0 Å². The van der Waals surface area contributed by atoms with Gasteiger partial charge in [0.25, 0.3) is 0 Å². The molecule has 1 aromatic carbocycles. The summed E-state index contributed by atoms with van der Waals surface area (Å²) >= 11 is 1.69.